The van der Waals surface area contributed by atoms with E-state index in [0.717, 1.165) is 28.6 Å². The highest BCUT2D eigenvalue weighted by Gasteiger charge is 2.40. The summed E-state index contributed by atoms with van der Waals surface area (Å²) in [6.45, 7) is 4.72. The highest BCUT2D eigenvalue weighted by atomic mass is 16.5. The van der Waals surface area contributed by atoms with E-state index < -0.39 is 0 Å². The second kappa shape index (κ2) is 7.62. The van der Waals surface area contributed by atoms with Crippen LogP contribution >= 0.6 is 0 Å². The molecule has 1 aliphatic carbocycles. The van der Waals surface area contributed by atoms with E-state index in [0.29, 0.717) is 0 Å². The number of benzene rings is 5. The van der Waals surface area contributed by atoms with E-state index >= 15 is 0 Å². The third kappa shape index (κ3) is 2.79. The van der Waals surface area contributed by atoms with Crippen molar-refractivity contribution < 1.29 is 4.74 Å². The Labute approximate surface area is 222 Å². The number of ether oxygens (including phenoxy) is 1. The lowest BCUT2D eigenvalue weighted by Crippen LogP contribution is -2.16. The topological polar surface area (TPSA) is 17.4 Å². The fourth-order valence-corrected chi connectivity index (χ4v) is 6.50. The molecule has 2 heterocycles. The highest BCUT2D eigenvalue weighted by Crippen LogP contribution is 2.55. The average Bonchev–Trinajstić information content (AvgIpc) is 3.42. The smallest absolute Gasteiger partial charge is 0.151 e. The Morgan fingerprint density at radius 3 is 1.97 bits per heavy atom. The van der Waals surface area contributed by atoms with Crippen molar-refractivity contribution in [3.05, 3.63) is 132 Å². The maximum absolute atomic E-state index is 6.28. The lowest BCUT2D eigenvalue weighted by atomic mass is 9.81. The first kappa shape index (κ1) is 21.3. The fraction of sp³-hybridized carbons (Fsp3) is 0.0857. The molecule has 0 bridgehead atoms. The van der Waals surface area contributed by atoms with E-state index in [1.807, 2.05) is 24.3 Å². The minimum atomic E-state index is -0.121. The second-order valence-corrected chi connectivity index (χ2v) is 10.6. The molecule has 38 heavy (non-hydrogen) atoms. The predicted octanol–water partition coefficient (Wildman–Crippen LogP) is 9.51. The molecular formula is C35H26N2O. The van der Waals surface area contributed by atoms with Gasteiger partial charge in [0.05, 0.1) is 22.6 Å². The van der Waals surface area contributed by atoms with Crippen LogP contribution in [0.4, 0.5) is 17.1 Å². The first-order valence-electron chi connectivity index (χ1n) is 13.1. The van der Waals surface area contributed by atoms with Gasteiger partial charge in [-0.25, -0.2) is 0 Å². The lowest BCUT2D eigenvalue weighted by Gasteiger charge is -2.33. The Morgan fingerprint density at radius 2 is 1.24 bits per heavy atom. The summed E-state index contributed by atoms with van der Waals surface area (Å²) in [7, 11) is 0. The minimum absolute atomic E-state index is 0.121. The largest absolute Gasteiger partial charge is 0.453 e. The van der Waals surface area contributed by atoms with Gasteiger partial charge in [0, 0.05) is 27.7 Å². The van der Waals surface area contributed by atoms with Gasteiger partial charge in [-0.3, -0.25) is 0 Å². The SMILES string of the molecule is CC1(C)c2ccccc2-c2c1c1cc(N3c4ccccc4Oc4ccccc43)ccc1n2-c1ccccc1. The van der Waals surface area contributed by atoms with Gasteiger partial charge >= 0.3 is 0 Å². The Hall–Kier alpha value is -4.76. The molecule has 3 nitrogen and oxygen atoms in total. The summed E-state index contributed by atoms with van der Waals surface area (Å²) in [5, 5.41) is 1.28. The molecule has 1 aromatic heterocycles. The van der Waals surface area contributed by atoms with Crippen LogP contribution in [0.3, 0.4) is 0 Å². The van der Waals surface area contributed by atoms with E-state index in [-0.39, 0.29) is 5.41 Å². The van der Waals surface area contributed by atoms with Gasteiger partial charge in [0.25, 0.3) is 0 Å². The maximum atomic E-state index is 6.28. The van der Waals surface area contributed by atoms with E-state index in [1.165, 1.54) is 39.0 Å². The summed E-state index contributed by atoms with van der Waals surface area (Å²) in [5.74, 6) is 1.73. The number of hydrogen-bond acceptors (Lipinski definition) is 2. The first-order valence-corrected chi connectivity index (χ1v) is 13.1. The van der Waals surface area contributed by atoms with Gasteiger partial charge in [0.2, 0.25) is 0 Å². The van der Waals surface area contributed by atoms with Crippen LogP contribution in [0, 0.1) is 0 Å². The Morgan fingerprint density at radius 1 is 0.605 bits per heavy atom. The molecule has 5 aromatic carbocycles. The van der Waals surface area contributed by atoms with Gasteiger partial charge in [-0.15, -0.1) is 0 Å². The number of rotatable bonds is 2. The van der Waals surface area contributed by atoms with Gasteiger partial charge in [-0.1, -0.05) is 80.6 Å². The van der Waals surface area contributed by atoms with Crippen molar-refractivity contribution in [3.63, 3.8) is 0 Å². The lowest BCUT2D eigenvalue weighted by molar-refractivity contribution is 0.477. The van der Waals surface area contributed by atoms with Gasteiger partial charge < -0.3 is 14.2 Å². The Kier molecular flexibility index (Phi) is 4.28. The van der Waals surface area contributed by atoms with Crippen LogP contribution in [-0.4, -0.2) is 4.57 Å². The monoisotopic (exact) mass is 490 g/mol. The molecule has 182 valence electrons. The third-order valence-electron chi connectivity index (χ3n) is 8.14. The van der Waals surface area contributed by atoms with E-state index in [1.54, 1.807) is 0 Å². The summed E-state index contributed by atoms with van der Waals surface area (Å²) >= 11 is 0. The van der Waals surface area contributed by atoms with Crippen LogP contribution in [0.5, 0.6) is 11.5 Å². The summed E-state index contributed by atoms with van der Waals surface area (Å²) in [6.07, 6.45) is 0. The molecule has 3 heteroatoms. The Balaban J connectivity index is 1.45. The van der Waals surface area contributed by atoms with Crippen molar-refractivity contribution in [2.24, 2.45) is 0 Å². The molecule has 6 aromatic rings. The van der Waals surface area contributed by atoms with Crippen LogP contribution in [0.1, 0.15) is 25.0 Å². The number of anilines is 3. The number of hydrogen-bond donors (Lipinski definition) is 0. The quantitative estimate of drug-likeness (QED) is 0.240. The van der Waals surface area contributed by atoms with Crippen molar-refractivity contribution in [1.29, 1.82) is 0 Å². The summed E-state index contributed by atoms with van der Waals surface area (Å²) in [6, 6.07) is 43.1. The molecule has 0 saturated carbocycles. The summed E-state index contributed by atoms with van der Waals surface area (Å²) < 4.78 is 8.73. The molecule has 0 saturated heterocycles. The molecule has 0 unspecified atom stereocenters. The molecule has 0 radical (unpaired) electrons. The maximum Gasteiger partial charge on any atom is 0.151 e. The molecule has 1 aliphatic heterocycles. The number of nitrogens with zero attached hydrogens (tertiary/aromatic N) is 2. The molecule has 0 atom stereocenters. The zero-order chi connectivity index (χ0) is 25.4. The second-order valence-electron chi connectivity index (χ2n) is 10.6. The molecule has 2 aliphatic rings. The predicted molar refractivity (Wildman–Crippen MR) is 156 cm³/mol. The van der Waals surface area contributed by atoms with Gasteiger partial charge in [0.15, 0.2) is 11.5 Å². The van der Waals surface area contributed by atoms with E-state index in [4.69, 9.17) is 4.74 Å². The highest BCUT2D eigenvalue weighted by molar-refractivity contribution is 6.02. The van der Waals surface area contributed by atoms with Crippen LogP contribution in [0.15, 0.2) is 121 Å². The number of fused-ring (bicyclic) bond motifs is 7. The van der Waals surface area contributed by atoms with Crippen LogP contribution < -0.4 is 9.64 Å². The van der Waals surface area contributed by atoms with Crippen LogP contribution in [0.2, 0.25) is 0 Å². The molecule has 0 N–H and O–H groups in total. The van der Waals surface area contributed by atoms with Crippen molar-refractivity contribution in [2.75, 3.05) is 4.90 Å². The van der Waals surface area contributed by atoms with Crippen molar-refractivity contribution in [2.45, 2.75) is 19.3 Å². The zero-order valence-corrected chi connectivity index (χ0v) is 21.3. The molecule has 0 amide bonds. The molecule has 0 fully saturated rings. The first-order chi connectivity index (χ1) is 18.6. The molecule has 0 spiro atoms. The zero-order valence-electron chi connectivity index (χ0n) is 21.3. The molecular weight excluding hydrogens is 464 g/mol. The standard InChI is InChI=1S/C35H26N2O/c1-35(2)27-15-7-6-14-25(27)34-33(35)26-22-24(20-21-28(26)37(34)23-12-4-3-5-13-23)36-29-16-8-10-18-31(29)38-32-19-11-9-17-30(32)36/h3-22H,1-2H3. The molecule has 8 rings (SSSR count). The van der Waals surface area contributed by atoms with E-state index in [2.05, 4.69) is 120 Å². The number of para-hydroxylation sites is 5. The van der Waals surface area contributed by atoms with Crippen molar-refractivity contribution in [1.82, 2.24) is 4.57 Å². The average molecular weight is 491 g/mol. The van der Waals surface area contributed by atoms with Gasteiger partial charge in [-0.05, 0) is 65.7 Å². The van der Waals surface area contributed by atoms with Crippen LogP contribution in [-0.2, 0) is 5.41 Å². The van der Waals surface area contributed by atoms with Crippen molar-refractivity contribution >= 4 is 28.0 Å². The third-order valence-corrected chi connectivity index (χ3v) is 8.14. The summed E-state index contributed by atoms with van der Waals surface area (Å²) in [5.41, 5.74) is 10.9. The normalized spacial score (nSPS) is 14.4. The van der Waals surface area contributed by atoms with E-state index in [9.17, 15) is 0 Å². The van der Waals surface area contributed by atoms with Gasteiger partial charge in [-0.2, -0.15) is 0 Å². The number of aromatic nitrogens is 1. The van der Waals surface area contributed by atoms with Gasteiger partial charge in [0.1, 0.15) is 0 Å². The minimum Gasteiger partial charge on any atom is -0.453 e. The van der Waals surface area contributed by atoms with Crippen molar-refractivity contribution in [3.8, 4) is 28.4 Å². The summed E-state index contributed by atoms with van der Waals surface area (Å²) in [4.78, 5) is 2.33. The van der Waals surface area contributed by atoms with Crippen LogP contribution in [0.25, 0.3) is 27.8 Å². The Bertz CT molecular complexity index is 1830. The fourth-order valence-electron chi connectivity index (χ4n) is 6.50.